The average molecular weight is 390 g/mol. The van der Waals surface area contributed by atoms with Crippen LogP contribution in [0.3, 0.4) is 0 Å². The Kier molecular flexibility index (Phi) is 6.35. The van der Waals surface area contributed by atoms with E-state index in [1.807, 2.05) is 0 Å². The molecule has 0 heterocycles. The van der Waals surface area contributed by atoms with Crippen molar-refractivity contribution >= 4 is 27.4 Å². The summed E-state index contributed by atoms with van der Waals surface area (Å²) >= 11 is 0. The van der Waals surface area contributed by atoms with Crippen LogP contribution in [-0.2, 0) is 14.8 Å². The number of methoxy groups -OCH3 is 1. The van der Waals surface area contributed by atoms with Gasteiger partial charge in [-0.3, -0.25) is 9.59 Å². The lowest BCUT2D eigenvalue weighted by Crippen LogP contribution is -2.41. The number of amides is 1. The van der Waals surface area contributed by atoms with Crippen LogP contribution in [-0.4, -0.2) is 33.3 Å². The van der Waals surface area contributed by atoms with E-state index in [0.717, 1.165) is 5.56 Å². The highest BCUT2D eigenvalue weighted by molar-refractivity contribution is 7.89. The first-order valence-electron chi connectivity index (χ1n) is 8.23. The molecule has 0 saturated carbocycles. The summed E-state index contributed by atoms with van der Waals surface area (Å²) < 4.78 is 32.8. The zero-order chi connectivity index (χ0) is 20.2. The van der Waals surface area contributed by atoms with Crippen LogP contribution < -0.4 is 14.8 Å². The molecule has 0 aliphatic rings. The van der Waals surface area contributed by atoms with Crippen molar-refractivity contribution in [1.29, 1.82) is 0 Å². The summed E-state index contributed by atoms with van der Waals surface area (Å²) in [4.78, 5) is 23.8. The van der Waals surface area contributed by atoms with Gasteiger partial charge in [-0.05, 0) is 50.6 Å². The Balaban J connectivity index is 2.17. The van der Waals surface area contributed by atoms with Crippen LogP contribution in [0.15, 0.2) is 47.4 Å². The first kappa shape index (κ1) is 20.6. The smallest absolute Gasteiger partial charge is 0.244 e. The number of Topliss-reactive ketones (excluding diaryl/α,β-unsaturated/α-hetero) is 1. The molecule has 27 heavy (non-hydrogen) atoms. The van der Waals surface area contributed by atoms with Gasteiger partial charge in [0.25, 0.3) is 0 Å². The van der Waals surface area contributed by atoms with Crippen molar-refractivity contribution in [3.05, 3.63) is 53.6 Å². The molecule has 2 rings (SSSR count). The molecule has 2 N–H and O–H groups in total. The van der Waals surface area contributed by atoms with Crippen LogP contribution in [0.1, 0.15) is 29.8 Å². The molecule has 144 valence electrons. The highest BCUT2D eigenvalue weighted by Gasteiger charge is 2.25. The number of anilines is 1. The van der Waals surface area contributed by atoms with E-state index in [-0.39, 0.29) is 16.4 Å². The molecule has 2 aromatic carbocycles. The van der Waals surface area contributed by atoms with Crippen molar-refractivity contribution < 1.29 is 22.7 Å². The highest BCUT2D eigenvalue weighted by Crippen LogP contribution is 2.24. The van der Waals surface area contributed by atoms with Crippen molar-refractivity contribution in [2.75, 3.05) is 12.4 Å². The Morgan fingerprint density at radius 2 is 1.81 bits per heavy atom. The lowest BCUT2D eigenvalue weighted by atomic mass is 10.1. The normalized spacial score (nSPS) is 12.3. The van der Waals surface area contributed by atoms with Gasteiger partial charge in [0.1, 0.15) is 10.6 Å². The van der Waals surface area contributed by atoms with E-state index in [9.17, 15) is 18.0 Å². The fourth-order valence-electron chi connectivity index (χ4n) is 2.41. The van der Waals surface area contributed by atoms with Gasteiger partial charge in [0.05, 0.1) is 13.2 Å². The molecular weight excluding hydrogens is 368 g/mol. The molecule has 1 atom stereocenters. The maximum Gasteiger partial charge on any atom is 0.244 e. The lowest BCUT2D eigenvalue weighted by molar-refractivity contribution is -0.117. The van der Waals surface area contributed by atoms with Crippen molar-refractivity contribution in [3.63, 3.8) is 0 Å². The van der Waals surface area contributed by atoms with E-state index < -0.39 is 22.0 Å². The van der Waals surface area contributed by atoms with E-state index in [2.05, 4.69) is 10.0 Å². The van der Waals surface area contributed by atoms with Gasteiger partial charge in [0.2, 0.25) is 15.9 Å². The lowest BCUT2D eigenvalue weighted by Gasteiger charge is -2.16. The summed E-state index contributed by atoms with van der Waals surface area (Å²) in [6.45, 7) is 4.62. The van der Waals surface area contributed by atoms with Gasteiger partial charge in [0, 0.05) is 11.3 Å². The monoisotopic (exact) mass is 390 g/mol. The van der Waals surface area contributed by atoms with E-state index >= 15 is 0 Å². The van der Waals surface area contributed by atoms with Crippen LogP contribution in [0.25, 0.3) is 0 Å². The van der Waals surface area contributed by atoms with Crippen molar-refractivity contribution in [2.45, 2.75) is 31.7 Å². The molecule has 1 amide bonds. The summed E-state index contributed by atoms with van der Waals surface area (Å²) in [6, 6.07) is 10.1. The second-order valence-electron chi connectivity index (χ2n) is 6.12. The number of rotatable bonds is 7. The van der Waals surface area contributed by atoms with Gasteiger partial charge in [-0.2, -0.15) is 4.72 Å². The average Bonchev–Trinajstić information content (AvgIpc) is 2.61. The molecule has 7 nitrogen and oxygen atoms in total. The Morgan fingerprint density at radius 1 is 1.11 bits per heavy atom. The molecule has 0 aliphatic heterocycles. The van der Waals surface area contributed by atoms with E-state index in [4.69, 9.17) is 4.74 Å². The first-order chi connectivity index (χ1) is 12.6. The molecule has 0 spiro atoms. The molecule has 0 bridgehead atoms. The third-order valence-corrected chi connectivity index (χ3v) is 5.43. The largest absolute Gasteiger partial charge is 0.495 e. The second kappa shape index (κ2) is 8.32. The quantitative estimate of drug-likeness (QED) is 0.708. The third-order valence-electron chi connectivity index (χ3n) is 3.87. The first-order valence-corrected chi connectivity index (χ1v) is 9.71. The number of hydrogen-bond acceptors (Lipinski definition) is 5. The number of carbonyl (C=O) groups excluding carboxylic acids is 2. The number of hydrogen-bond donors (Lipinski definition) is 2. The molecule has 0 aromatic heterocycles. The SMILES string of the molecule is COc1ccc(C)cc1S(=O)(=O)N[C@@H](C)C(=O)Nc1cccc(C(C)=O)c1. The standard InChI is InChI=1S/C19H22N2O5S/c1-12-8-9-17(26-4)18(10-12)27(24,25)21-13(2)19(23)20-16-7-5-6-15(11-16)14(3)22/h5-11,13,21H,1-4H3,(H,20,23)/t13-/m0/s1. The predicted octanol–water partition coefficient (Wildman–Crippen LogP) is 2.51. The maximum absolute atomic E-state index is 12.7. The summed E-state index contributed by atoms with van der Waals surface area (Å²) in [6.07, 6.45) is 0. The van der Waals surface area contributed by atoms with Crippen LogP contribution in [0.5, 0.6) is 5.75 Å². The number of aryl methyl sites for hydroxylation is 1. The second-order valence-corrected chi connectivity index (χ2v) is 7.81. The van der Waals surface area contributed by atoms with Gasteiger partial charge in [-0.1, -0.05) is 18.2 Å². The molecular formula is C19H22N2O5S. The Morgan fingerprint density at radius 3 is 2.44 bits per heavy atom. The number of nitrogens with one attached hydrogen (secondary N) is 2. The minimum absolute atomic E-state index is 0.0387. The number of sulfonamides is 1. The van der Waals surface area contributed by atoms with E-state index in [0.29, 0.717) is 11.3 Å². The third kappa shape index (κ3) is 5.15. The highest BCUT2D eigenvalue weighted by atomic mass is 32.2. The molecule has 0 radical (unpaired) electrons. The van der Waals surface area contributed by atoms with E-state index in [1.165, 1.54) is 33.1 Å². The minimum atomic E-state index is -3.97. The van der Waals surface area contributed by atoms with Gasteiger partial charge >= 0.3 is 0 Å². The maximum atomic E-state index is 12.7. The van der Waals surface area contributed by atoms with E-state index in [1.54, 1.807) is 37.3 Å². The fourth-order valence-corrected chi connectivity index (χ4v) is 3.87. The topological polar surface area (TPSA) is 102 Å². The van der Waals surface area contributed by atoms with Gasteiger partial charge in [-0.15, -0.1) is 0 Å². The van der Waals surface area contributed by atoms with Gasteiger partial charge < -0.3 is 10.1 Å². The van der Waals surface area contributed by atoms with Crippen LogP contribution in [0, 0.1) is 6.92 Å². The minimum Gasteiger partial charge on any atom is -0.495 e. The van der Waals surface area contributed by atoms with Crippen LogP contribution in [0.2, 0.25) is 0 Å². The van der Waals surface area contributed by atoms with Crippen LogP contribution in [0.4, 0.5) is 5.69 Å². The number of ketones is 1. The number of carbonyl (C=O) groups is 2. The van der Waals surface area contributed by atoms with Gasteiger partial charge in [-0.25, -0.2) is 8.42 Å². The fraction of sp³-hybridized carbons (Fsp3) is 0.263. The van der Waals surface area contributed by atoms with Crippen molar-refractivity contribution in [1.82, 2.24) is 4.72 Å². The van der Waals surface area contributed by atoms with Crippen molar-refractivity contribution in [3.8, 4) is 5.75 Å². The zero-order valence-electron chi connectivity index (χ0n) is 15.6. The number of ether oxygens (including phenoxy) is 1. The molecule has 2 aromatic rings. The summed E-state index contributed by atoms with van der Waals surface area (Å²) in [7, 11) is -2.60. The molecule has 0 fully saturated rings. The molecule has 0 unspecified atom stereocenters. The molecule has 0 aliphatic carbocycles. The summed E-state index contributed by atoms with van der Waals surface area (Å²) in [5, 5.41) is 2.60. The summed E-state index contributed by atoms with van der Waals surface area (Å²) in [5.74, 6) is -0.493. The van der Waals surface area contributed by atoms with Gasteiger partial charge in [0.15, 0.2) is 5.78 Å². The van der Waals surface area contributed by atoms with Crippen LogP contribution >= 0.6 is 0 Å². The van der Waals surface area contributed by atoms with Crippen molar-refractivity contribution in [2.24, 2.45) is 0 Å². The Labute approximate surface area is 158 Å². The Hall–Kier alpha value is -2.71. The number of benzene rings is 2. The predicted molar refractivity (Wildman–Crippen MR) is 103 cm³/mol. The molecule has 8 heteroatoms. The zero-order valence-corrected chi connectivity index (χ0v) is 16.4. The molecule has 0 saturated heterocycles. The summed E-state index contributed by atoms with van der Waals surface area (Å²) in [5.41, 5.74) is 1.60. The Bertz CT molecular complexity index is 970.